The maximum absolute atomic E-state index is 13.8. The number of piperazine rings is 1. The van der Waals surface area contributed by atoms with E-state index in [1.54, 1.807) is 0 Å². The lowest BCUT2D eigenvalue weighted by Crippen LogP contribution is -2.44. The molecule has 6 rings (SSSR count). The van der Waals surface area contributed by atoms with Crippen LogP contribution in [0.4, 0.5) is 5.69 Å². The minimum absolute atomic E-state index is 0.00310. The molecule has 1 aromatic heterocycles. The number of benzene rings is 4. The van der Waals surface area contributed by atoms with Crippen molar-refractivity contribution in [1.82, 2.24) is 15.6 Å². The number of nitrogens with one attached hydrogen (secondary N) is 2. The Morgan fingerprint density at radius 1 is 0.892 bits per heavy atom. The highest BCUT2D eigenvalue weighted by Crippen LogP contribution is 2.42. The predicted octanol–water partition coefficient (Wildman–Crippen LogP) is 6.15. The van der Waals surface area contributed by atoms with Gasteiger partial charge in [-0.1, -0.05) is 55.8 Å². The number of hydrogen-bond donors (Lipinski definition) is 2. The van der Waals surface area contributed by atoms with Gasteiger partial charge >= 0.3 is 0 Å². The van der Waals surface area contributed by atoms with Gasteiger partial charge in [-0.05, 0) is 63.4 Å². The summed E-state index contributed by atoms with van der Waals surface area (Å²) in [6.45, 7) is 6.38. The maximum Gasteiger partial charge on any atom is 0.253 e. The van der Waals surface area contributed by atoms with Crippen LogP contribution in [0.15, 0.2) is 79.1 Å². The van der Waals surface area contributed by atoms with Gasteiger partial charge < -0.3 is 15.5 Å². The minimum Gasteiger partial charge on any atom is -0.368 e. The molecule has 1 aliphatic rings. The Kier molecular flexibility index (Phi) is 6.46. The van der Waals surface area contributed by atoms with Crippen LogP contribution in [0.2, 0.25) is 0 Å². The van der Waals surface area contributed by atoms with E-state index in [9.17, 15) is 4.79 Å². The SMILES string of the molecule is CCCCNC(=O)c1cc(-c2cccc3ccncc23)c2cc3ccccc3cc2c1N1CCNCC1. The Balaban J connectivity index is 1.68. The first-order valence-electron chi connectivity index (χ1n) is 13.3. The van der Waals surface area contributed by atoms with Crippen molar-refractivity contribution in [3.8, 4) is 11.1 Å². The number of nitrogens with zero attached hydrogens (tertiary/aromatic N) is 2. The van der Waals surface area contributed by atoms with Crippen LogP contribution < -0.4 is 15.5 Å². The van der Waals surface area contributed by atoms with Crippen LogP contribution in [0.1, 0.15) is 30.1 Å². The minimum atomic E-state index is -0.00310. The second-order valence-electron chi connectivity index (χ2n) is 9.81. The average Bonchev–Trinajstić information content (AvgIpc) is 2.95. The third-order valence-electron chi connectivity index (χ3n) is 7.44. The van der Waals surface area contributed by atoms with E-state index in [4.69, 9.17) is 0 Å². The zero-order valence-electron chi connectivity index (χ0n) is 21.3. The normalized spacial score (nSPS) is 13.9. The van der Waals surface area contributed by atoms with Gasteiger partial charge in [0.15, 0.2) is 0 Å². The van der Waals surface area contributed by atoms with E-state index in [0.717, 1.165) is 82.9 Å². The zero-order valence-corrected chi connectivity index (χ0v) is 21.3. The molecule has 0 atom stereocenters. The molecule has 5 nitrogen and oxygen atoms in total. The molecule has 5 heteroatoms. The predicted molar refractivity (Wildman–Crippen MR) is 155 cm³/mol. The highest BCUT2D eigenvalue weighted by Gasteiger charge is 2.24. The second-order valence-corrected chi connectivity index (χ2v) is 9.81. The molecule has 2 N–H and O–H groups in total. The smallest absolute Gasteiger partial charge is 0.253 e. The van der Waals surface area contributed by atoms with E-state index in [0.29, 0.717) is 6.54 Å². The molecular weight excluding hydrogens is 456 g/mol. The van der Waals surface area contributed by atoms with Crippen LogP contribution in [0.5, 0.6) is 0 Å². The lowest BCUT2D eigenvalue weighted by Gasteiger charge is -2.33. The summed E-state index contributed by atoms with van der Waals surface area (Å²) in [6, 6.07) is 23.6. The summed E-state index contributed by atoms with van der Waals surface area (Å²) >= 11 is 0. The molecule has 1 aliphatic heterocycles. The lowest BCUT2D eigenvalue weighted by atomic mass is 9.89. The van der Waals surface area contributed by atoms with Crippen molar-refractivity contribution < 1.29 is 4.79 Å². The van der Waals surface area contributed by atoms with Crippen LogP contribution in [-0.2, 0) is 0 Å². The van der Waals surface area contributed by atoms with Gasteiger partial charge in [-0.15, -0.1) is 0 Å². The van der Waals surface area contributed by atoms with Gasteiger partial charge in [0.2, 0.25) is 0 Å². The summed E-state index contributed by atoms with van der Waals surface area (Å²) in [7, 11) is 0. The Labute approximate surface area is 217 Å². The Morgan fingerprint density at radius 2 is 1.65 bits per heavy atom. The van der Waals surface area contributed by atoms with E-state index >= 15 is 0 Å². The van der Waals surface area contributed by atoms with Crippen LogP contribution in [0.3, 0.4) is 0 Å². The van der Waals surface area contributed by atoms with Crippen molar-refractivity contribution in [1.29, 1.82) is 0 Å². The van der Waals surface area contributed by atoms with Gasteiger partial charge in [-0.3, -0.25) is 9.78 Å². The fourth-order valence-corrected chi connectivity index (χ4v) is 5.54. The quantitative estimate of drug-likeness (QED) is 0.222. The van der Waals surface area contributed by atoms with E-state index in [1.165, 1.54) is 10.8 Å². The third-order valence-corrected chi connectivity index (χ3v) is 7.44. The van der Waals surface area contributed by atoms with Crippen molar-refractivity contribution in [2.45, 2.75) is 19.8 Å². The highest BCUT2D eigenvalue weighted by atomic mass is 16.1. The molecule has 1 fully saturated rings. The molecule has 5 aromatic rings. The Bertz CT molecular complexity index is 1600. The molecule has 0 aliphatic carbocycles. The van der Waals surface area contributed by atoms with Gasteiger partial charge in [-0.25, -0.2) is 0 Å². The molecule has 37 heavy (non-hydrogen) atoms. The van der Waals surface area contributed by atoms with Gasteiger partial charge in [0, 0.05) is 55.9 Å². The summed E-state index contributed by atoms with van der Waals surface area (Å²) < 4.78 is 0. The first kappa shape index (κ1) is 23.4. The number of carbonyl (C=O) groups excluding carboxylic acids is 1. The number of unbranched alkanes of at least 4 members (excludes halogenated alkanes) is 1. The zero-order chi connectivity index (χ0) is 25.2. The first-order chi connectivity index (χ1) is 18.2. The number of carbonyl (C=O) groups is 1. The van der Waals surface area contributed by atoms with Crippen molar-refractivity contribution in [2.75, 3.05) is 37.6 Å². The van der Waals surface area contributed by atoms with Crippen LogP contribution in [0, 0.1) is 0 Å². The molecule has 0 saturated carbocycles. The average molecular weight is 489 g/mol. The summed E-state index contributed by atoms with van der Waals surface area (Å²) in [5.74, 6) is -0.00310. The van der Waals surface area contributed by atoms with Crippen LogP contribution in [-0.4, -0.2) is 43.6 Å². The lowest BCUT2D eigenvalue weighted by molar-refractivity contribution is 0.0953. The molecule has 0 radical (unpaired) electrons. The molecule has 1 saturated heterocycles. The van der Waals surface area contributed by atoms with Crippen LogP contribution in [0.25, 0.3) is 43.4 Å². The van der Waals surface area contributed by atoms with E-state index in [1.807, 2.05) is 18.5 Å². The van der Waals surface area contributed by atoms with Crippen molar-refractivity contribution in [3.05, 3.63) is 84.7 Å². The molecule has 0 unspecified atom stereocenters. The summed E-state index contributed by atoms with van der Waals surface area (Å²) in [5, 5.41) is 13.6. The molecule has 4 aromatic carbocycles. The van der Waals surface area contributed by atoms with Crippen LogP contribution >= 0.6 is 0 Å². The number of fused-ring (bicyclic) bond motifs is 3. The standard InChI is InChI=1S/C32H32N4O/c1-2-3-12-35-32(37)29-20-27(25-10-6-9-22-11-13-34-21-30(22)25)26-18-23-7-4-5-8-24(23)19-28(26)31(29)36-16-14-33-15-17-36/h4-11,13,18-21,33H,2-3,12,14-17H2,1H3,(H,35,37). The van der Waals surface area contributed by atoms with E-state index < -0.39 is 0 Å². The number of pyridine rings is 1. The van der Waals surface area contributed by atoms with Gasteiger partial charge in [0.25, 0.3) is 5.91 Å². The van der Waals surface area contributed by atoms with Gasteiger partial charge in [-0.2, -0.15) is 0 Å². The molecule has 0 bridgehead atoms. The maximum atomic E-state index is 13.8. The van der Waals surface area contributed by atoms with E-state index in [2.05, 4.69) is 88.1 Å². The monoisotopic (exact) mass is 488 g/mol. The summed E-state index contributed by atoms with van der Waals surface area (Å²) in [6.07, 6.45) is 5.78. The first-order valence-corrected chi connectivity index (χ1v) is 13.3. The van der Waals surface area contributed by atoms with Gasteiger partial charge in [0.05, 0.1) is 11.3 Å². The number of aromatic nitrogens is 1. The van der Waals surface area contributed by atoms with Crippen molar-refractivity contribution in [3.63, 3.8) is 0 Å². The number of rotatable bonds is 6. The Hall–Kier alpha value is -3.96. The van der Waals surface area contributed by atoms with E-state index in [-0.39, 0.29) is 5.91 Å². The largest absolute Gasteiger partial charge is 0.368 e. The number of anilines is 1. The number of amides is 1. The topological polar surface area (TPSA) is 57.3 Å². The number of hydrogen-bond acceptors (Lipinski definition) is 4. The summed E-state index contributed by atoms with van der Waals surface area (Å²) in [4.78, 5) is 20.6. The highest BCUT2D eigenvalue weighted by molar-refractivity contribution is 6.18. The van der Waals surface area contributed by atoms with Gasteiger partial charge in [0.1, 0.15) is 0 Å². The second kappa shape index (κ2) is 10.2. The molecule has 1 amide bonds. The summed E-state index contributed by atoms with van der Waals surface area (Å²) in [5.41, 5.74) is 3.95. The molecular formula is C32H32N4O. The molecule has 186 valence electrons. The molecule has 0 spiro atoms. The Morgan fingerprint density at radius 3 is 2.43 bits per heavy atom. The van der Waals surface area contributed by atoms with Crippen molar-refractivity contribution >= 4 is 43.9 Å². The third kappa shape index (κ3) is 4.40. The fourth-order valence-electron chi connectivity index (χ4n) is 5.54. The van der Waals surface area contributed by atoms with Crippen molar-refractivity contribution in [2.24, 2.45) is 0 Å². The fraction of sp³-hybridized carbons (Fsp3) is 0.250. The molecule has 2 heterocycles.